The molecule has 6 heteroatoms. The third-order valence-corrected chi connectivity index (χ3v) is 3.61. The van der Waals surface area contributed by atoms with Gasteiger partial charge in [-0.3, -0.25) is 4.90 Å². The molecule has 0 aromatic carbocycles. The number of hydrogen-bond donors (Lipinski definition) is 1. The van der Waals surface area contributed by atoms with Gasteiger partial charge in [-0.25, -0.2) is 9.78 Å². The van der Waals surface area contributed by atoms with E-state index in [1.807, 2.05) is 4.40 Å². The number of ether oxygens (including phenoxy) is 1. The number of hydrogen-bond acceptors (Lipinski definition) is 4. The molecule has 20 heavy (non-hydrogen) atoms. The van der Waals surface area contributed by atoms with Crippen molar-refractivity contribution in [2.24, 2.45) is 0 Å². The Morgan fingerprint density at radius 3 is 2.95 bits per heavy atom. The van der Waals surface area contributed by atoms with Crippen molar-refractivity contribution in [1.29, 1.82) is 0 Å². The molecule has 0 atom stereocenters. The van der Waals surface area contributed by atoms with E-state index in [1.165, 1.54) is 0 Å². The van der Waals surface area contributed by atoms with Gasteiger partial charge in [0.2, 0.25) is 0 Å². The van der Waals surface area contributed by atoms with Crippen LogP contribution >= 0.6 is 0 Å². The number of pyridine rings is 1. The monoisotopic (exact) mass is 275 g/mol. The predicted molar refractivity (Wildman–Crippen MR) is 73.1 cm³/mol. The molecule has 0 aliphatic carbocycles. The van der Waals surface area contributed by atoms with Crippen molar-refractivity contribution in [3.05, 3.63) is 35.9 Å². The summed E-state index contributed by atoms with van der Waals surface area (Å²) in [5.41, 5.74) is 1.11. The topological polar surface area (TPSA) is 67.1 Å². The number of fused-ring (bicyclic) bond motifs is 1. The highest BCUT2D eigenvalue weighted by molar-refractivity contribution is 5.88. The maximum Gasteiger partial charge on any atom is 0.335 e. The molecular formula is C14H17N3O3. The molecule has 106 valence electrons. The molecule has 1 aliphatic rings. The second-order valence-electron chi connectivity index (χ2n) is 4.89. The highest BCUT2D eigenvalue weighted by atomic mass is 16.5. The zero-order chi connectivity index (χ0) is 13.9. The smallest absolute Gasteiger partial charge is 0.335 e. The Hall–Kier alpha value is -1.92. The minimum absolute atomic E-state index is 0.289. The first-order valence-electron chi connectivity index (χ1n) is 6.73. The number of carboxylic acids is 1. The molecule has 0 saturated carbocycles. The molecule has 0 radical (unpaired) electrons. The summed E-state index contributed by atoms with van der Waals surface area (Å²) in [5.74, 6) is 0.0481. The fourth-order valence-corrected chi connectivity index (χ4v) is 2.46. The van der Waals surface area contributed by atoms with Crippen LogP contribution in [0.5, 0.6) is 0 Å². The molecule has 0 spiro atoms. The molecule has 0 amide bonds. The first-order chi connectivity index (χ1) is 9.74. The molecule has 1 saturated heterocycles. The molecule has 1 aliphatic heterocycles. The molecule has 0 unspecified atom stereocenters. The van der Waals surface area contributed by atoms with Crippen LogP contribution in [-0.4, -0.2) is 58.2 Å². The number of rotatable bonds is 4. The number of aromatic carboxylic acids is 1. The first-order valence-corrected chi connectivity index (χ1v) is 6.73. The standard InChI is InChI=1S/C14H17N3O3/c18-14(19)11-1-4-17-12(9-11)10-15-13(17)2-3-16-5-7-20-8-6-16/h1,4,9-10H,2-3,5-8H2,(H,18,19). The van der Waals surface area contributed by atoms with E-state index >= 15 is 0 Å². The average molecular weight is 275 g/mol. The summed E-state index contributed by atoms with van der Waals surface area (Å²) in [5, 5.41) is 8.98. The second-order valence-corrected chi connectivity index (χ2v) is 4.89. The molecule has 1 fully saturated rings. The van der Waals surface area contributed by atoms with E-state index in [0.717, 1.165) is 50.6 Å². The number of aromatic nitrogens is 2. The van der Waals surface area contributed by atoms with Gasteiger partial charge < -0.3 is 14.2 Å². The lowest BCUT2D eigenvalue weighted by Crippen LogP contribution is -2.37. The molecule has 2 aromatic rings. The number of morpholine rings is 1. The quantitative estimate of drug-likeness (QED) is 0.898. The van der Waals surface area contributed by atoms with E-state index in [0.29, 0.717) is 0 Å². The number of carboxylic acid groups (broad SMARTS) is 1. The predicted octanol–water partition coefficient (Wildman–Crippen LogP) is 0.907. The Labute approximate surface area is 116 Å². The Bertz CT molecular complexity index is 617. The van der Waals surface area contributed by atoms with Gasteiger partial charge in [-0.05, 0) is 12.1 Å². The van der Waals surface area contributed by atoms with Crippen LogP contribution < -0.4 is 0 Å². The summed E-state index contributed by atoms with van der Waals surface area (Å²) in [4.78, 5) is 17.7. The lowest BCUT2D eigenvalue weighted by atomic mass is 10.2. The number of carbonyl (C=O) groups is 1. The minimum atomic E-state index is -0.913. The maximum absolute atomic E-state index is 10.9. The summed E-state index contributed by atoms with van der Waals surface area (Å²) in [6.45, 7) is 4.47. The zero-order valence-electron chi connectivity index (χ0n) is 11.2. The number of imidazole rings is 1. The Kier molecular flexibility index (Phi) is 3.66. The average Bonchev–Trinajstić information content (AvgIpc) is 2.88. The summed E-state index contributed by atoms with van der Waals surface area (Å²) in [6.07, 6.45) is 4.35. The molecule has 3 heterocycles. The van der Waals surface area contributed by atoms with Crippen molar-refractivity contribution in [3.63, 3.8) is 0 Å². The van der Waals surface area contributed by atoms with Crippen LogP contribution in [0.25, 0.3) is 5.52 Å². The van der Waals surface area contributed by atoms with Crippen LogP contribution in [0.3, 0.4) is 0 Å². The minimum Gasteiger partial charge on any atom is -0.478 e. The van der Waals surface area contributed by atoms with Gasteiger partial charge in [-0.2, -0.15) is 0 Å². The summed E-state index contributed by atoms with van der Waals surface area (Å²) in [7, 11) is 0. The summed E-state index contributed by atoms with van der Waals surface area (Å²) < 4.78 is 7.28. The van der Waals surface area contributed by atoms with Crippen LogP contribution in [0.15, 0.2) is 24.5 Å². The van der Waals surface area contributed by atoms with Crippen LogP contribution in [0, 0.1) is 0 Å². The van der Waals surface area contributed by atoms with E-state index in [4.69, 9.17) is 9.84 Å². The zero-order valence-corrected chi connectivity index (χ0v) is 11.2. The largest absolute Gasteiger partial charge is 0.478 e. The van der Waals surface area contributed by atoms with Gasteiger partial charge >= 0.3 is 5.97 Å². The molecular weight excluding hydrogens is 258 g/mol. The third kappa shape index (κ3) is 2.66. The highest BCUT2D eigenvalue weighted by Crippen LogP contribution is 2.11. The molecule has 1 N–H and O–H groups in total. The first kappa shape index (κ1) is 13.1. The van der Waals surface area contributed by atoms with Gasteiger partial charge in [-0.15, -0.1) is 0 Å². The fourth-order valence-electron chi connectivity index (χ4n) is 2.46. The second kappa shape index (κ2) is 5.60. The van der Waals surface area contributed by atoms with Gasteiger partial charge in [0.25, 0.3) is 0 Å². The van der Waals surface area contributed by atoms with Crippen LogP contribution in [-0.2, 0) is 11.2 Å². The summed E-state index contributed by atoms with van der Waals surface area (Å²) >= 11 is 0. The lowest BCUT2D eigenvalue weighted by molar-refractivity contribution is 0.0382. The molecule has 0 bridgehead atoms. The maximum atomic E-state index is 10.9. The van der Waals surface area contributed by atoms with Crippen LogP contribution in [0.2, 0.25) is 0 Å². The SMILES string of the molecule is O=C(O)c1ccn2c(CCN3CCOCC3)ncc2c1. The Morgan fingerprint density at radius 1 is 1.40 bits per heavy atom. The van der Waals surface area contributed by atoms with Crippen molar-refractivity contribution >= 4 is 11.5 Å². The van der Waals surface area contributed by atoms with E-state index in [-0.39, 0.29) is 5.56 Å². The summed E-state index contributed by atoms with van der Waals surface area (Å²) in [6, 6.07) is 3.25. The fraction of sp³-hybridized carbons (Fsp3) is 0.429. The van der Waals surface area contributed by atoms with Crippen molar-refractivity contribution < 1.29 is 14.6 Å². The van der Waals surface area contributed by atoms with Gasteiger partial charge in [0.05, 0.1) is 30.5 Å². The van der Waals surface area contributed by atoms with Crippen molar-refractivity contribution in [2.75, 3.05) is 32.8 Å². The van der Waals surface area contributed by atoms with E-state index in [1.54, 1.807) is 24.5 Å². The molecule has 3 rings (SSSR count). The van der Waals surface area contributed by atoms with Crippen LogP contribution in [0.1, 0.15) is 16.2 Å². The normalized spacial score (nSPS) is 16.6. The third-order valence-electron chi connectivity index (χ3n) is 3.61. The lowest BCUT2D eigenvalue weighted by Gasteiger charge is -2.26. The van der Waals surface area contributed by atoms with E-state index < -0.39 is 5.97 Å². The molecule has 2 aromatic heterocycles. The van der Waals surface area contributed by atoms with Crippen LogP contribution in [0.4, 0.5) is 0 Å². The number of nitrogens with zero attached hydrogens (tertiary/aromatic N) is 3. The van der Waals surface area contributed by atoms with Crippen molar-refractivity contribution in [1.82, 2.24) is 14.3 Å². The highest BCUT2D eigenvalue weighted by Gasteiger charge is 2.12. The van der Waals surface area contributed by atoms with E-state index in [2.05, 4.69) is 9.88 Å². The Balaban J connectivity index is 1.73. The van der Waals surface area contributed by atoms with Crippen molar-refractivity contribution in [2.45, 2.75) is 6.42 Å². The van der Waals surface area contributed by atoms with E-state index in [9.17, 15) is 4.79 Å². The van der Waals surface area contributed by atoms with Gasteiger partial charge in [0.15, 0.2) is 0 Å². The van der Waals surface area contributed by atoms with Crippen molar-refractivity contribution in [3.8, 4) is 0 Å². The van der Waals surface area contributed by atoms with Gasteiger partial charge in [0, 0.05) is 32.3 Å². The van der Waals surface area contributed by atoms with Gasteiger partial charge in [0.1, 0.15) is 5.82 Å². The van der Waals surface area contributed by atoms with Gasteiger partial charge in [-0.1, -0.05) is 0 Å². The molecule has 6 nitrogen and oxygen atoms in total. The Morgan fingerprint density at radius 2 is 2.20 bits per heavy atom.